The molecule has 1 heterocycles. The van der Waals surface area contributed by atoms with Gasteiger partial charge in [-0.1, -0.05) is 58.0 Å². The Balaban J connectivity index is -0.000000218. The van der Waals surface area contributed by atoms with E-state index < -0.39 is 0 Å². The quantitative estimate of drug-likeness (QED) is 0.628. The molecular formula is C12H18NY2-. The topological polar surface area (TPSA) is 12.4 Å². The number of rotatable bonds is 0. The van der Waals surface area contributed by atoms with E-state index in [0.717, 1.165) is 12.1 Å². The van der Waals surface area contributed by atoms with Crippen molar-refractivity contribution in [2.24, 2.45) is 4.99 Å². The molecule has 1 aliphatic rings. The minimum Gasteiger partial charge on any atom is -0.456 e. The summed E-state index contributed by atoms with van der Waals surface area (Å²) in [5.74, 6) is 0. The molecule has 0 atom stereocenters. The smallest absolute Gasteiger partial charge is 0 e. The number of nitrogens with zero attached hydrogens (tertiary/aromatic N) is 1. The van der Waals surface area contributed by atoms with Crippen LogP contribution in [0.5, 0.6) is 0 Å². The van der Waals surface area contributed by atoms with E-state index in [0.29, 0.717) is 0 Å². The molecule has 0 bridgehead atoms. The van der Waals surface area contributed by atoms with Gasteiger partial charge in [0, 0.05) is 65.4 Å². The molecule has 0 amide bonds. The van der Waals surface area contributed by atoms with Crippen molar-refractivity contribution in [3.05, 3.63) is 29.8 Å². The fourth-order valence-electron chi connectivity index (χ4n) is 0.979. The van der Waals surface area contributed by atoms with Crippen LogP contribution < -0.4 is 0 Å². The Kier molecular flexibility index (Phi) is 21.5. The maximum atomic E-state index is 4.05. The van der Waals surface area contributed by atoms with Gasteiger partial charge >= 0.3 is 0 Å². The summed E-state index contributed by atoms with van der Waals surface area (Å²) in [7, 11) is 0. The van der Waals surface area contributed by atoms with E-state index in [1.807, 2.05) is 45.9 Å². The van der Waals surface area contributed by atoms with Crippen molar-refractivity contribution in [1.82, 2.24) is 0 Å². The molecule has 0 saturated heterocycles. The monoisotopic (exact) mass is 354 g/mol. The minimum atomic E-state index is 0. The molecule has 1 aliphatic heterocycles. The molecule has 1 nitrogen and oxygen atoms in total. The summed E-state index contributed by atoms with van der Waals surface area (Å²) in [6.45, 7) is 8.00. The Labute approximate surface area is 144 Å². The molecule has 3 heteroatoms. The molecule has 0 saturated carbocycles. The number of aliphatic imine (C=N–C) groups is 1. The first kappa shape index (κ1) is 21.4. The van der Waals surface area contributed by atoms with Crippen molar-refractivity contribution in [2.45, 2.75) is 34.1 Å². The second-order valence-electron chi connectivity index (χ2n) is 2.08. The van der Waals surface area contributed by atoms with Gasteiger partial charge in [0.05, 0.1) is 0 Å². The Bertz CT molecular complexity index is 260. The van der Waals surface area contributed by atoms with Crippen LogP contribution in [0.1, 0.15) is 33.3 Å². The predicted molar refractivity (Wildman–Crippen MR) is 59.9 cm³/mol. The van der Waals surface area contributed by atoms with Crippen LogP contribution in [0.3, 0.4) is 0 Å². The van der Waals surface area contributed by atoms with Crippen LogP contribution in [0.4, 0.5) is 5.69 Å². The van der Waals surface area contributed by atoms with E-state index in [2.05, 4.69) is 17.3 Å². The van der Waals surface area contributed by atoms with Crippen molar-refractivity contribution in [3.8, 4) is 0 Å². The van der Waals surface area contributed by atoms with Crippen molar-refractivity contribution >= 4 is 11.9 Å². The van der Waals surface area contributed by atoms with Gasteiger partial charge in [-0.05, 0) is 0 Å². The standard InChI is InChI=1S/C8H6N.2C2H6.2Y/c1-2-4-8-7(3-1)5-6-9-8;2*1-2;;/h1-4H,5H2;2*1-2H3;;/q-1;;;;. The third-order valence-electron chi connectivity index (χ3n) is 1.46. The van der Waals surface area contributed by atoms with E-state index in [1.165, 1.54) is 5.56 Å². The molecule has 2 radical (unpaired) electrons. The van der Waals surface area contributed by atoms with Crippen molar-refractivity contribution in [2.75, 3.05) is 0 Å². The van der Waals surface area contributed by atoms with Gasteiger partial charge in [-0.15, -0.1) is 11.6 Å². The maximum absolute atomic E-state index is 4.05. The molecule has 2 rings (SSSR count). The van der Waals surface area contributed by atoms with Gasteiger partial charge in [-0.3, -0.25) is 0 Å². The van der Waals surface area contributed by atoms with Crippen LogP contribution in [0.25, 0.3) is 0 Å². The van der Waals surface area contributed by atoms with Gasteiger partial charge in [0.25, 0.3) is 0 Å². The Morgan fingerprint density at radius 1 is 1.00 bits per heavy atom. The van der Waals surface area contributed by atoms with Gasteiger partial charge in [0.15, 0.2) is 0 Å². The zero-order chi connectivity index (χ0) is 10.1. The minimum absolute atomic E-state index is 0. The summed E-state index contributed by atoms with van der Waals surface area (Å²) in [5, 5.41) is 0. The number of fused-ring (bicyclic) bond motifs is 1. The van der Waals surface area contributed by atoms with Crippen molar-refractivity contribution in [1.29, 1.82) is 0 Å². The first-order valence-electron chi connectivity index (χ1n) is 4.98. The predicted octanol–water partition coefficient (Wildman–Crippen LogP) is 3.87. The summed E-state index contributed by atoms with van der Waals surface area (Å²) >= 11 is 0. The van der Waals surface area contributed by atoms with E-state index >= 15 is 0 Å². The summed E-state index contributed by atoms with van der Waals surface area (Å²) in [6.07, 6.45) is 3.80. The molecule has 0 fully saturated rings. The second-order valence-corrected chi connectivity index (χ2v) is 2.08. The van der Waals surface area contributed by atoms with Gasteiger partial charge < -0.3 is 4.99 Å². The second kappa shape index (κ2) is 15.1. The molecule has 0 unspecified atom stereocenters. The molecule has 1 aromatic rings. The van der Waals surface area contributed by atoms with Gasteiger partial charge in [-0.25, -0.2) is 0 Å². The summed E-state index contributed by atoms with van der Waals surface area (Å²) < 4.78 is 0. The SMILES string of the molecule is CC.CC.[C-]1=Nc2ccccc2C1.[Y].[Y]. The Morgan fingerprint density at radius 3 is 2.07 bits per heavy atom. The number of hydrogen-bond donors (Lipinski definition) is 0. The van der Waals surface area contributed by atoms with Crippen molar-refractivity contribution in [3.63, 3.8) is 0 Å². The molecule has 0 spiro atoms. The van der Waals surface area contributed by atoms with Crippen LogP contribution in [0.15, 0.2) is 29.3 Å². The Morgan fingerprint density at radius 2 is 1.53 bits per heavy atom. The van der Waals surface area contributed by atoms with E-state index in [1.54, 1.807) is 0 Å². The molecule has 0 aromatic heterocycles. The third kappa shape index (κ3) is 7.91. The van der Waals surface area contributed by atoms with Gasteiger partial charge in [-0.2, -0.15) is 6.21 Å². The number of benzene rings is 1. The molecular weight excluding hydrogens is 336 g/mol. The van der Waals surface area contributed by atoms with Crippen LogP contribution in [-0.4, -0.2) is 6.21 Å². The first-order chi connectivity index (χ1) is 6.47. The largest absolute Gasteiger partial charge is 0.456 e. The summed E-state index contributed by atoms with van der Waals surface area (Å²) in [5.41, 5.74) is 2.37. The number of para-hydroxylation sites is 1. The third-order valence-corrected chi connectivity index (χ3v) is 1.46. The summed E-state index contributed by atoms with van der Waals surface area (Å²) in [4.78, 5) is 4.05. The Hall–Kier alpha value is 1.10. The van der Waals surface area contributed by atoms with Crippen molar-refractivity contribution < 1.29 is 65.4 Å². The van der Waals surface area contributed by atoms with Crippen LogP contribution >= 0.6 is 0 Å². The average Bonchev–Trinajstić information content (AvgIpc) is 2.71. The molecule has 0 N–H and O–H groups in total. The van der Waals surface area contributed by atoms with E-state index in [-0.39, 0.29) is 65.4 Å². The van der Waals surface area contributed by atoms with Gasteiger partial charge in [0.1, 0.15) is 0 Å². The first-order valence-corrected chi connectivity index (χ1v) is 4.98. The van der Waals surface area contributed by atoms with Crippen LogP contribution in [0.2, 0.25) is 0 Å². The number of hydrogen-bond acceptors (Lipinski definition) is 1. The summed E-state index contributed by atoms with van der Waals surface area (Å²) in [6, 6.07) is 8.12. The van der Waals surface area contributed by atoms with Crippen LogP contribution in [-0.2, 0) is 71.8 Å². The zero-order valence-electron chi connectivity index (χ0n) is 10.1. The van der Waals surface area contributed by atoms with Gasteiger partial charge in [0.2, 0.25) is 0 Å². The molecule has 15 heavy (non-hydrogen) atoms. The maximum Gasteiger partial charge on any atom is 0 e. The molecule has 1 aromatic carbocycles. The zero-order valence-corrected chi connectivity index (χ0v) is 15.8. The van der Waals surface area contributed by atoms with E-state index in [4.69, 9.17) is 0 Å². The molecule has 0 aliphatic carbocycles. The van der Waals surface area contributed by atoms with Crippen LogP contribution in [0, 0.1) is 0 Å². The fraction of sp³-hybridized carbons (Fsp3) is 0.417. The van der Waals surface area contributed by atoms with E-state index in [9.17, 15) is 0 Å². The fourth-order valence-corrected chi connectivity index (χ4v) is 0.979. The average molecular weight is 354 g/mol. The molecule has 78 valence electrons. The normalized spacial score (nSPS) is 9.07.